The molecule has 3 N–H and O–H groups in total. The Kier molecular flexibility index (Phi) is 10.7. The lowest BCUT2D eigenvalue weighted by molar-refractivity contribution is 0.0975. The van der Waals surface area contributed by atoms with E-state index in [2.05, 4.69) is 50.1 Å². The van der Waals surface area contributed by atoms with Crippen molar-refractivity contribution in [3.05, 3.63) is 63.4 Å². The summed E-state index contributed by atoms with van der Waals surface area (Å²) >= 11 is 3.46. The Morgan fingerprint density at radius 2 is 2.08 bits per heavy atom. The van der Waals surface area contributed by atoms with Crippen molar-refractivity contribution in [3.63, 3.8) is 0 Å². The average molecular weight is 563 g/mol. The number of nitrogens with one attached hydrogen (secondary N) is 1. The van der Waals surface area contributed by atoms with Gasteiger partial charge < -0.3 is 20.3 Å². The van der Waals surface area contributed by atoms with E-state index in [0.717, 1.165) is 48.3 Å². The monoisotopic (exact) mass is 561 g/mol. The van der Waals surface area contributed by atoms with Crippen molar-refractivity contribution in [3.8, 4) is 5.75 Å². The number of aryl methyl sites for hydroxylation is 1. The van der Waals surface area contributed by atoms with Crippen molar-refractivity contribution in [1.29, 1.82) is 0 Å². The molecule has 36 heavy (non-hydrogen) atoms. The van der Waals surface area contributed by atoms with E-state index in [1.807, 2.05) is 18.2 Å². The van der Waals surface area contributed by atoms with Gasteiger partial charge in [0.25, 0.3) is 5.91 Å². The number of amides is 1. The normalized spacial score (nSPS) is 16.5. The molecule has 9 heteroatoms. The van der Waals surface area contributed by atoms with Crippen LogP contribution in [-0.4, -0.2) is 75.1 Å². The number of nitrogens with two attached hydrogens (primary N) is 1. The molecule has 2 aromatic carbocycles. The summed E-state index contributed by atoms with van der Waals surface area (Å²) in [6, 6.07) is 10.8. The van der Waals surface area contributed by atoms with Crippen molar-refractivity contribution in [2.45, 2.75) is 38.1 Å². The molecular formula is C27H37BrFN5O2. The summed E-state index contributed by atoms with van der Waals surface area (Å²) in [5, 5.41) is 2.62. The zero-order chi connectivity index (χ0) is 26.1. The van der Waals surface area contributed by atoms with Gasteiger partial charge in [-0.1, -0.05) is 22.0 Å². The number of aliphatic imine (C=N–C) groups is 1. The average Bonchev–Trinajstić information content (AvgIpc) is 3.32. The maximum atomic E-state index is 14.7. The molecule has 3 rings (SSSR count). The van der Waals surface area contributed by atoms with E-state index in [1.165, 1.54) is 18.6 Å². The highest BCUT2D eigenvalue weighted by Gasteiger charge is 2.23. The van der Waals surface area contributed by atoms with Gasteiger partial charge in [-0.2, -0.15) is 0 Å². The lowest BCUT2D eigenvalue weighted by atomic mass is 9.98. The van der Waals surface area contributed by atoms with Gasteiger partial charge >= 0.3 is 0 Å². The topological polar surface area (TPSA) is 83.2 Å². The molecule has 1 saturated heterocycles. The predicted molar refractivity (Wildman–Crippen MR) is 146 cm³/mol. The van der Waals surface area contributed by atoms with Crippen molar-refractivity contribution in [1.82, 2.24) is 15.1 Å². The largest absolute Gasteiger partial charge is 0.496 e. The van der Waals surface area contributed by atoms with Gasteiger partial charge in [-0.15, -0.1) is 0 Å². The fraction of sp³-hybridized carbons (Fsp3) is 0.481. The fourth-order valence-electron chi connectivity index (χ4n) is 4.53. The molecule has 0 aromatic heterocycles. The number of carbonyl (C=O) groups excluding carboxylic acids is 1. The second-order valence-electron chi connectivity index (χ2n) is 9.36. The third kappa shape index (κ3) is 8.01. The highest BCUT2D eigenvalue weighted by Crippen LogP contribution is 2.25. The van der Waals surface area contributed by atoms with E-state index in [9.17, 15) is 9.18 Å². The van der Waals surface area contributed by atoms with Gasteiger partial charge in [0.2, 0.25) is 0 Å². The second kappa shape index (κ2) is 13.7. The number of nitrogens with zero attached hydrogens (tertiary/aromatic N) is 3. The molecule has 2 aromatic rings. The van der Waals surface area contributed by atoms with E-state index < -0.39 is 11.7 Å². The van der Waals surface area contributed by atoms with E-state index in [4.69, 9.17) is 10.5 Å². The summed E-state index contributed by atoms with van der Waals surface area (Å²) in [6.07, 6.45) is 3.98. The molecule has 1 atom stereocenters. The number of likely N-dealkylation sites (tertiary alicyclic amines) is 1. The maximum Gasteiger partial charge on any atom is 0.258 e. The van der Waals surface area contributed by atoms with Crippen LogP contribution in [0.3, 0.4) is 0 Å². The van der Waals surface area contributed by atoms with Crippen molar-refractivity contribution >= 4 is 27.8 Å². The zero-order valence-corrected chi connectivity index (χ0v) is 23.0. The number of methoxy groups -OCH3 is 1. The summed E-state index contributed by atoms with van der Waals surface area (Å²) in [6.45, 7) is 3.82. The Morgan fingerprint density at radius 3 is 2.81 bits per heavy atom. The van der Waals surface area contributed by atoms with Gasteiger partial charge in [0.1, 0.15) is 11.6 Å². The molecule has 0 bridgehead atoms. The number of unbranched alkanes of at least 4 members (excludes halogenated alkanes) is 1. The van der Waals surface area contributed by atoms with E-state index in [-0.39, 0.29) is 11.5 Å². The van der Waals surface area contributed by atoms with Crippen LogP contribution in [0.25, 0.3) is 0 Å². The first kappa shape index (κ1) is 28.1. The first-order valence-corrected chi connectivity index (χ1v) is 13.2. The van der Waals surface area contributed by atoms with Crippen LogP contribution in [0, 0.1) is 5.82 Å². The Balaban J connectivity index is 1.52. The summed E-state index contributed by atoms with van der Waals surface area (Å²) in [5.74, 6) is -0.110. The number of hydrogen-bond donors (Lipinski definition) is 2. The van der Waals surface area contributed by atoms with Crippen molar-refractivity contribution in [2.75, 3.05) is 47.4 Å². The van der Waals surface area contributed by atoms with Crippen LogP contribution in [0.2, 0.25) is 0 Å². The van der Waals surface area contributed by atoms with Crippen LogP contribution < -0.4 is 15.8 Å². The van der Waals surface area contributed by atoms with Crippen LogP contribution in [0.5, 0.6) is 5.75 Å². The molecule has 1 amide bonds. The molecule has 0 spiro atoms. The second-order valence-corrected chi connectivity index (χ2v) is 10.3. The van der Waals surface area contributed by atoms with Gasteiger partial charge in [-0.25, -0.2) is 4.39 Å². The molecule has 1 unspecified atom stereocenters. The standard InChI is InChI=1S/C27H37BrFN5O2/c1-33(2)21-13-16-34(18-21)15-5-4-14-31-27(30)32-26(35)23-7-6-8-24(29)22(23)11-9-19-17-20(28)10-12-25(19)36-3/h6-8,10,12,17,21H,4-5,9,11,13-16,18H2,1-3H3,(H3,30,31,32,35). The molecule has 0 radical (unpaired) electrons. The predicted octanol–water partition coefficient (Wildman–Crippen LogP) is 3.84. The van der Waals surface area contributed by atoms with Crippen LogP contribution in [0.4, 0.5) is 4.39 Å². The molecule has 1 fully saturated rings. The Bertz CT molecular complexity index is 1060. The van der Waals surface area contributed by atoms with Gasteiger partial charge in [-0.05, 0) is 95.2 Å². The third-order valence-electron chi connectivity index (χ3n) is 6.63. The number of ether oxygens (including phenoxy) is 1. The minimum Gasteiger partial charge on any atom is -0.496 e. The molecular weight excluding hydrogens is 525 g/mol. The van der Waals surface area contributed by atoms with Gasteiger partial charge in [0.15, 0.2) is 5.96 Å². The zero-order valence-electron chi connectivity index (χ0n) is 21.4. The van der Waals surface area contributed by atoms with E-state index in [1.54, 1.807) is 13.2 Å². The number of benzene rings is 2. The number of hydrogen-bond acceptors (Lipinski definition) is 5. The first-order valence-electron chi connectivity index (χ1n) is 12.4. The molecule has 196 valence electrons. The van der Waals surface area contributed by atoms with Crippen LogP contribution in [0.15, 0.2) is 45.9 Å². The number of guanidine groups is 1. The summed E-state index contributed by atoms with van der Waals surface area (Å²) < 4.78 is 21.0. The molecule has 0 saturated carbocycles. The van der Waals surface area contributed by atoms with Gasteiger partial charge in [0, 0.05) is 34.7 Å². The molecule has 1 aliphatic heterocycles. The summed E-state index contributed by atoms with van der Waals surface area (Å²) in [5.41, 5.74) is 7.48. The molecule has 0 aliphatic carbocycles. The number of rotatable bonds is 11. The van der Waals surface area contributed by atoms with Crippen LogP contribution in [-0.2, 0) is 12.8 Å². The Labute approximate surface area is 222 Å². The minimum atomic E-state index is -0.459. The van der Waals surface area contributed by atoms with Gasteiger partial charge in [0.05, 0.1) is 7.11 Å². The van der Waals surface area contributed by atoms with Gasteiger partial charge in [-0.3, -0.25) is 15.1 Å². The highest BCUT2D eigenvalue weighted by atomic mass is 79.9. The van der Waals surface area contributed by atoms with Crippen LogP contribution >= 0.6 is 15.9 Å². The SMILES string of the molecule is COc1ccc(Br)cc1CCc1c(F)cccc1C(=O)NC(N)=NCCCCN1CCC(N(C)C)C1. The number of halogens is 2. The number of carbonyl (C=O) groups is 1. The summed E-state index contributed by atoms with van der Waals surface area (Å²) in [7, 11) is 5.86. The Morgan fingerprint density at radius 1 is 1.28 bits per heavy atom. The fourth-order valence-corrected chi connectivity index (χ4v) is 4.94. The molecule has 7 nitrogen and oxygen atoms in total. The molecule has 1 aliphatic rings. The molecule has 1 heterocycles. The van der Waals surface area contributed by atoms with E-state index >= 15 is 0 Å². The smallest absolute Gasteiger partial charge is 0.258 e. The lowest BCUT2D eigenvalue weighted by Crippen LogP contribution is -2.37. The third-order valence-corrected chi connectivity index (χ3v) is 7.13. The van der Waals surface area contributed by atoms with E-state index in [0.29, 0.717) is 31.0 Å². The maximum absolute atomic E-state index is 14.7. The lowest BCUT2D eigenvalue weighted by Gasteiger charge is -2.20. The quantitative estimate of drug-likeness (QED) is 0.247. The van der Waals surface area contributed by atoms with Crippen molar-refractivity contribution in [2.24, 2.45) is 10.7 Å². The highest BCUT2D eigenvalue weighted by molar-refractivity contribution is 9.10. The summed E-state index contributed by atoms with van der Waals surface area (Å²) in [4.78, 5) is 21.9. The van der Waals surface area contributed by atoms with Crippen molar-refractivity contribution < 1.29 is 13.9 Å². The minimum absolute atomic E-state index is 0.0534. The first-order chi connectivity index (χ1) is 17.3. The van der Waals surface area contributed by atoms with Crippen LogP contribution in [0.1, 0.15) is 40.7 Å². The number of likely N-dealkylation sites (N-methyl/N-ethyl adjacent to an activating group) is 1. The Hall–Kier alpha value is -2.49.